The molecule has 6 nitrogen and oxygen atoms in total. The van der Waals surface area contributed by atoms with Crippen LogP contribution in [0.1, 0.15) is 16.8 Å². The molecule has 1 amide bonds. The van der Waals surface area contributed by atoms with Gasteiger partial charge in [-0.05, 0) is 12.1 Å². The second-order valence-corrected chi connectivity index (χ2v) is 3.81. The van der Waals surface area contributed by atoms with E-state index < -0.39 is 17.9 Å². The average molecular weight is 277 g/mol. The average Bonchev–Trinajstić information content (AvgIpc) is 2.45. The number of carbonyl (C=O) groups is 2. The Morgan fingerprint density at radius 2 is 1.90 bits per heavy atom. The van der Waals surface area contributed by atoms with Crippen LogP contribution in [0, 0.1) is 12.3 Å². The van der Waals surface area contributed by atoms with E-state index in [0.717, 1.165) is 0 Å². The zero-order valence-corrected chi connectivity index (χ0v) is 11.2. The van der Waals surface area contributed by atoms with Crippen LogP contribution in [0.25, 0.3) is 0 Å². The minimum Gasteiger partial charge on any atom is -0.496 e. The number of amides is 1. The first-order valence-electron chi connectivity index (χ1n) is 5.73. The number of methoxy groups -OCH3 is 2. The molecule has 0 fully saturated rings. The third kappa shape index (κ3) is 3.42. The fourth-order valence-electron chi connectivity index (χ4n) is 1.62. The van der Waals surface area contributed by atoms with E-state index in [1.807, 2.05) is 0 Å². The minimum absolute atomic E-state index is 0.113. The summed E-state index contributed by atoms with van der Waals surface area (Å²) in [5.41, 5.74) is 0.126. The number of ether oxygens (including phenoxy) is 2. The van der Waals surface area contributed by atoms with Crippen molar-refractivity contribution in [1.29, 1.82) is 0 Å². The number of carboxylic acid groups (broad SMARTS) is 1. The Balaban J connectivity index is 3.08. The normalized spacial score (nSPS) is 11.1. The maximum Gasteiger partial charge on any atom is 0.327 e. The van der Waals surface area contributed by atoms with Crippen LogP contribution < -0.4 is 14.8 Å². The van der Waals surface area contributed by atoms with Crippen LogP contribution in [-0.4, -0.2) is 37.2 Å². The van der Waals surface area contributed by atoms with Gasteiger partial charge in [0.15, 0.2) is 0 Å². The van der Waals surface area contributed by atoms with E-state index in [9.17, 15) is 9.59 Å². The molecular formula is C14H15NO5. The number of terminal acetylenes is 1. The van der Waals surface area contributed by atoms with Crippen LogP contribution in [0.4, 0.5) is 0 Å². The summed E-state index contributed by atoms with van der Waals surface area (Å²) in [7, 11) is 2.81. The molecule has 0 aliphatic carbocycles. The Hall–Kier alpha value is -2.68. The molecule has 0 heterocycles. The standard InChI is InChI=1S/C14H15NO5/c1-4-6-9(14(17)18)15-13(16)12-10(19-2)7-5-8-11(12)20-3/h1,5,7-9H,6H2,2-3H3,(H,15,16)(H,17,18). The summed E-state index contributed by atoms with van der Waals surface area (Å²) in [5, 5.41) is 11.3. The molecule has 1 aromatic carbocycles. The van der Waals surface area contributed by atoms with Gasteiger partial charge in [0.05, 0.1) is 14.2 Å². The van der Waals surface area contributed by atoms with Crippen LogP contribution in [0.15, 0.2) is 18.2 Å². The van der Waals surface area contributed by atoms with Gasteiger partial charge in [0.2, 0.25) is 0 Å². The Morgan fingerprint density at radius 3 is 2.30 bits per heavy atom. The lowest BCUT2D eigenvalue weighted by atomic mass is 10.1. The molecule has 0 saturated heterocycles. The van der Waals surface area contributed by atoms with Crippen molar-refractivity contribution in [2.75, 3.05) is 14.2 Å². The molecule has 0 aromatic heterocycles. The molecule has 6 heteroatoms. The fraction of sp³-hybridized carbons (Fsp3) is 0.286. The number of hydrogen-bond donors (Lipinski definition) is 2. The number of benzene rings is 1. The molecule has 20 heavy (non-hydrogen) atoms. The highest BCUT2D eigenvalue weighted by atomic mass is 16.5. The number of rotatable bonds is 6. The van der Waals surface area contributed by atoms with Gasteiger partial charge in [-0.15, -0.1) is 12.3 Å². The second-order valence-electron chi connectivity index (χ2n) is 3.81. The number of nitrogens with one attached hydrogen (secondary N) is 1. The summed E-state index contributed by atoms with van der Waals surface area (Å²) >= 11 is 0. The van der Waals surface area contributed by atoms with Crippen LogP contribution in [0.3, 0.4) is 0 Å². The first-order chi connectivity index (χ1) is 9.54. The maximum absolute atomic E-state index is 12.2. The van der Waals surface area contributed by atoms with E-state index in [2.05, 4.69) is 11.2 Å². The third-order valence-corrected chi connectivity index (χ3v) is 2.58. The summed E-state index contributed by atoms with van der Waals surface area (Å²) < 4.78 is 10.2. The maximum atomic E-state index is 12.2. The van der Waals surface area contributed by atoms with Gasteiger partial charge >= 0.3 is 5.97 Å². The largest absolute Gasteiger partial charge is 0.496 e. The highest BCUT2D eigenvalue weighted by Crippen LogP contribution is 2.28. The molecule has 0 bridgehead atoms. The lowest BCUT2D eigenvalue weighted by Gasteiger charge is -2.15. The Morgan fingerprint density at radius 1 is 1.35 bits per heavy atom. The molecule has 0 spiro atoms. The van der Waals surface area contributed by atoms with Crippen LogP contribution >= 0.6 is 0 Å². The monoisotopic (exact) mass is 277 g/mol. The van der Waals surface area contributed by atoms with E-state index in [0.29, 0.717) is 0 Å². The van der Waals surface area contributed by atoms with E-state index in [-0.39, 0.29) is 23.5 Å². The Labute approximate surface area is 116 Å². The van der Waals surface area contributed by atoms with Crippen LogP contribution in [0.5, 0.6) is 11.5 Å². The summed E-state index contributed by atoms with van der Waals surface area (Å²) in [6.45, 7) is 0. The van der Waals surface area contributed by atoms with E-state index in [1.165, 1.54) is 14.2 Å². The zero-order chi connectivity index (χ0) is 15.1. The molecule has 1 atom stereocenters. The number of aliphatic carboxylic acids is 1. The molecule has 0 saturated carbocycles. The van der Waals surface area contributed by atoms with Crippen LogP contribution in [0.2, 0.25) is 0 Å². The molecule has 1 unspecified atom stereocenters. The van der Waals surface area contributed by atoms with Gasteiger partial charge in [0.1, 0.15) is 23.1 Å². The smallest absolute Gasteiger partial charge is 0.327 e. The van der Waals surface area contributed by atoms with Gasteiger partial charge in [0, 0.05) is 6.42 Å². The Bertz CT molecular complexity index is 525. The molecule has 0 aliphatic heterocycles. The van der Waals surface area contributed by atoms with Gasteiger partial charge in [-0.2, -0.15) is 0 Å². The van der Waals surface area contributed by atoms with Gasteiger partial charge < -0.3 is 19.9 Å². The topological polar surface area (TPSA) is 84.9 Å². The zero-order valence-electron chi connectivity index (χ0n) is 11.2. The van der Waals surface area contributed by atoms with Crippen molar-refractivity contribution in [2.45, 2.75) is 12.5 Å². The van der Waals surface area contributed by atoms with Crippen molar-refractivity contribution in [3.63, 3.8) is 0 Å². The molecule has 1 rings (SSSR count). The van der Waals surface area contributed by atoms with Gasteiger partial charge in [-0.1, -0.05) is 6.07 Å². The van der Waals surface area contributed by atoms with Crippen molar-refractivity contribution in [2.24, 2.45) is 0 Å². The highest BCUT2D eigenvalue weighted by Gasteiger charge is 2.24. The molecule has 0 aliphatic rings. The highest BCUT2D eigenvalue weighted by molar-refractivity contribution is 6.01. The van der Waals surface area contributed by atoms with E-state index in [1.54, 1.807) is 18.2 Å². The first-order valence-corrected chi connectivity index (χ1v) is 5.73. The summed E-state index contributed by atoms with van der Waals surface area (Å²) in [6, 6.07) is 3.65. The van der Waals surface area contributed by atoms with Crippen molar-refractivity contribution in [3.8, 4) is 23.8 Å². The quantitative estimate of drug-likeness (QED) is 0.755. The summed E-state index contributed by atoms with van der Waals surface area (Å²) in [6.07, 6.45) is 4.97. The molecule has 0 radical (unpaired) electrons. The lowest BCUT2D eigenvalue weighted by molar-refractivity contribution is -0.139. The van der Waals surface area contributed by atoms with Gasteiger partial charge in [0.25, 0.3) is 5.91 Å². The van der Waals surface area contributed by atoms with Crippen molar-refractivity contribution in [3.05, 3.63) is 23.8 Å². The third-order valence-electron chi connectivity index (χ3n) is 2.58. The van der Waals surface area contributed by atoms with Gasteiger partial charge in [-0.3, -0.25) is 4.79 Å². The minimum atomic E-state index is -1.20. The van der Waals surface area contributed by atoms with Gasteiger partial charge in [-0.25, -0.2) is 4.79 Å². The predicted molar refractivity (Wildman–Crippen MR) is 71.9 cm³/mol. The molecule has 2 N–H and O–H groups in total. The lowest BCUT2D eigenvalue weighted by Crippen LogP contribution is -2.40. The summed E-state index contributed by atoms with van der Waals surface area (Å²) in [5.74, 6) is 0.946. The first kappa shape index (κ1) is 15.4. The van der Waals surface area contributed by atoms with E-state index >= 15 is 0 Å². The molecule has 106 valence electrons. The number of carbonyl (C=O) groups excluding carboxylic acids is 1. The van der Waals surface area contributed by atoms with E-state index in [4.69, 9.17) is 21.0 Å². The molecular weight excluding hydrogens is 262 g/mol. The van der Waals surface area contributed by atoms with Crippen molar-refractivity contribution >= 4 is 11.9 Å². The number of carboxylic acids is 1. The predicted octanol–water partition coefficient (Wildman–Crippen LogP) is 0.910. The molecule has 1 aromatic rings. The fourth-order valence-corrected chi connectivity index (χ4v) is 1.62. The second kappa shape index (κ2) is 7.04. The van der Waals surface area contributed by atoms with Crippen molar-refractivity contribution in [1.82, 2.24) is 5.32 Å². The van der Waals surface area contributed by atoms with Crippen LogP contribution in [-0.2, 0) is 4.79 Å². The summed E-state index contributed by atoms with van der Waals surface area (Å²) in [4.78, 5) is 23.2. The van der Waals surface area contributed by atoms with Crippen molar-refractivity contribution < 1.29 is 24.2 Å². The SMILES string of the molecule is C#CCC(NC(=O)c1c(OC)cccc1OC)C(=O)O. The Kier molecular flexibility index (Phi) is 5.42. The number of hydrogen-bond acceptors (Lipinski definition) is 4.